The predicted molar refractivity (Wildman–Crippen MR) is 60.9 cm³/mol. The van der Waals surface area contributed by atoms with E-state index < -0.39 is 5.97 Å². The number of carboxylic acids is 1. The van der Waals surface area contributed by atoms with Crippen molar-refractivity contribution in [2.24, 2.45) is 5.92 Å². The fraction of sp³-hybridized carbons (Fsp3) is 0.917. The first-order valence-corrected chi connectivity index (χ1v) is 5.86. The molecule has 0 aliphatic carbocycles. The first kappa shape index (κ1) is 12.5. The van der Waals surface area contributed by atoms with Crippen molar-refractivity contribution in [3.8, 4) is 0 Å². The van der Waals surface area contributed by atoms with Gasteiger partial charge in [-0.3, -0.25) is 9.69 Å². The van der Waals surface area contributed by atoms with E-state index in [-0.39, 0.29) is 5.54 Å². The molecule has 0 saturated carbocycles. The Labute approximate surface area is 92.5 Å². The van der Waals surface area contributed by atoms with Crippen molar-refractivity contribution >= 4 is 5.97 Å². The van der Waals surface area contributed by atoms with E-state index >= 15 is 0 Å². The molecule has 1 N–H and O–H groups in total. The quantitative estimate of drug-likeness (QED) is 0.782. The highest BCUT2D eigenvalue weighted by atomic mass is 16.4. The van der Waals surface area contributed by atoms with Crippen molar-refractivity contribution in [3.63, 3.8) is 0 Å². The number of rotatable bonds is 3. The third-order valence-electron chi connectivity index (χ3n) is 3.33. The van der Waals surface area contributed by atoms with Crippen molar-refractivity contribution in [3.05, 3.63) is 0 Å². The first-order valence-electron chi connectivity index (χ1n) is 5.86. The maximum atomic E-state index is 10.5. The molecular weight excluding hydrogens is 190 g/mol. The zero-order valence-electron chi connectivity index (χ0n) is 10.1. The van der Waals surface area contributed by atoms with Gasteiger partial charge in [-0.05, 0) is 59.0 Å². The van der Waals surface area contributed by atoms with E-state index in [4.69, 9.17) is 5.11 Å². The molecule has 1 fully saturated rings. The van der Waals surface area contributed by atoms with E-state index in [0.29, 0.717) is 12.3 Å². The van der Waals surface area contributed by atoms with Crippen LogP contribution in [0.4, 0.5) is 0 Å². The van der Waals surface area contributed by atoms with Crippen LogP contribution in [0.15, 0.2) is 0 Å². The summed E-state index contributed by atoms with van der Waals surface area (Å²) < 4.78 is 0. The largest absolute Gasteiger partial charge is 0.481 e. The number of hydrogen-bond acceptors (Lipinski definition) is 2. The third-order valence-corrected chi connectivity index (χ3v) is 3.33. The van der Waals surface area contributed by atoms with E-state index in [9.17, 15) is 4.79 Å². The van der Waals surface area contributed by atoms with Crippen LogP contribution in [-0.2, 0) is 4.79 Å². The normalized spacial score (nSPS) is 20.5. The molecular formula is C12H23NO2. The molecule has 0 aromatic carbocycles. The van der Waals surface area contributed by atoms with E-state index in [1.165, 1.54) is 0 Å². The molecule has 0 aromatic rings. The molecule has 15 heavy (non-hydrogen) atoms. The van der Waals surface area contributed by atoms with Crippen molar-refractivity contribution in [1.82, 2.24) is 4.90 Å². The molecule has 0 aromatic heterocycles. The number of nitrogens with zero attached hydrogens (tertiary/aromatic N) is 1. The van der Waals surface area contributed by atoms with Crippen molar-refractivity contribution < 1.29 is 9.90 Å². The molecule has 0 bridgehead atoms. The second-order valence-corrected chi connectivity index (χ2v) is 5.53. The van der Waals surface area contributed by atoms with Crippen LogP contribution in [0, 0.1) is 5.92 Å². The van der Waals surface area contributed by atoms with E-state index in [1.54, 1.807) is 0 Å². The number of carboxylic acid groups (broad SMARTS) is 1. The van der Waals surface area contributed by atoms with E-state index in [1.807, 2.05) is 0 Å². The average Bonchev–Trinajstić information content (AvgIpc) is 2.14. The molecule has 1 saturated heterocycles. The Kier molecular flexibility index (Phi) is 4.14. The second kappa shape index (κ2) is 4.97. The number of aliphatic carboxylic acids is 1. The van der Waals surface area contributed by atoms with Gasteiger partial charge < -0.3 is 5.11 Å². The molecule has 0 amide bonds. The second-order valence-electron chi connectivity index (χ2n) is 5.53. The molecule has 1 aliphatic heterocycles. The summed E-state index contributed by atoms with van der Waals surface area (Å²) in [7, 11) is 0. The summed E-state index contributed by atoms with van der Waals surface area (Å²) in [5.74, 6) is -0.0343. The van der Waals surface area contributed by atoms with Crippen LogP contribution in [0.2, 0.25) is 0 Å². The Hall–Kier alpha value is -0.570. The Morgan fingerprint density at radius 3 is 2.27 bits per heavy atom. The van der Waals surface area contributed by atoms with Crippen LogP contribution < -0.4 is 0 Å². The summed E-state index contributed by atoms with van der Waals surface area (Å²) in [6.07, 6.45) is 3.50. The summed E-state index contributed by atoms with van der Waals surface area (Å²) in [6.45, 7) is 8.96. The zero-order chi connectivity index (χ0) is 11.5. The van der Waals surface area contributed by atoms with Gasteiger partial charge in [-0.15, -0.1) is 0 Å². The van der Waals surface area contributed by atoms with Crippen LogP contribution >= 0.6 is 0 Å². The average molecular weight is 213 g/mol. The number of carbonyl (C=O) groups is 1. The van der Waals surface area contributed by atoms with Crippen LogP contribution in [0.3, 0.4) is 0 Å². The van der Waals surface area contributed by atoms with Crippen LogP contribution in [0.1, 0.15) is 46.5 Å². The van der Waals surface area contributed by atoms with Gasteiger partial charge in [-0.2, -0.15) is 0 Å². The van der Waals surface area contributed by atoms with Crippen molar-refractivity contribution in [2.75, 3.05) is 13.1 Å². The Balaban J connectivity index is 2.27. The molecule has 3 nitrogen and oxygen atoms in total. The van der Waals surface area contributed by atoms with Crippen molar-refractivity contribution in [2.45, 2.75) is 52.0 Å². The van der Waals surface area contributed by atoms with Gasteiger partial charge in [0.2, 0.25) is 0 Å². The third kappa shape index (κ3) is 4.20. The number of piperidine rings is 1. The molecule has 0 spiro atoms. The summed E-state index contributed by atoms with van der Waals surface area (Å²) in [4.78, 5) is 12.9. The Bertz CT molecular complexity index is 212. The minimum atomic E-state index is -0.659. The van der Waals surface area contributed by atoms with Crippen LogP contribution in [0.25, 0.3) is 0 Å². The highest BCUT2D eigenvalue weighted by Crippen LogP contribution is 2.26. The lowest BCUT2D eigenvalue weighted by Gasteiger charge is -2.40. The summed E-state index contributed by atoms with van der Waals surface area (Å²) in [5.41, 5.74) is 0.262. The molecule has 88 valence electrons. The van der Waals surface area contributed by atoms with Gasteiger partial charge in [-0.1, -0.05) is 0 Å². The highest BCUT2D eigenvalue weighted by molar-refractivity contribution is 5.66. The molecule has 0 atom stereocenters. The highest BCUT2D eigenvalue weighted by Gasteiger charge is 2.26. The zero-order valence-corrected chi connectivity index (χ0v) is 10.1. The number of likely N-dealkylation sites (tertiary alicyclic amines) is 1. The Morgan fingerprint density at radius 1 is 1.33 bits per heavy atom. The fourth-order valence-corrected chi connectivity index (χ4v) is 2.22. The van der Waals surface area contributed by atoms with E-state index in [0.717, 1.165) is 32.4 Å². The lowest BCUT2D eigenvalue weighted by Crippen LogP contribution is -2.46. The summed E-state index contributed by atoms with van der Waals surface area (Å²) >= 11 is 0. The minimum absolute atomic E-state index is 0.262. The topological polar surface area (TPSA) is 40.5 Å². The SMILES string of the molecule is CC(C)(C)N1CCC(CCC(=O)O)CC1. The monoisotopic (exact) mass is 213 g/mol. The minimum Gasteiger partial charge on any atom is -0.481 e. The summed E-state index contributed by atoms with van der Waals surface area (Å²) in [5, 5.41) is 8.61. The molecule has 1 aliphatic rings. The van der Waals surface area contributed by atoms with Gasteiger partial charge in [0.15, 0.2) is 0 Å². The fourth-order valence-electron chi connectivity index (χ4n) is 2.22. The van der Waals surface area contributed by atoms with E-state index in [2.05, 4.69) is 25.7 Å². The van der Waals surface area contributed by atoms with Gasteiger partial charge >= 0.3 is 5.97 Å². The maximum Gasteiger partial charge on any atom is 0.303 e. The van der Waals surface area contributed by atoms with Gasteiger partial charge in [0.05, 0.1) is 0 Å². The first-order chi connectivity index (χ1) is 6.89. The van der Waals surface area contributed by atoms with Crippen molar-refractivity contribution in [1.29, 1.82) is 0 Å². The van der Waals surface area contributed by atoms with Gasteiger partial charge in [0.1, 0.15) is 0 Å². The molecule has 0 radical (unpaired) electrons. The van der Waals surface area contributed by atoms with Gasteiger partial charge in [0, 0.05) is 12.0 Å². The molecule has 1 heterocycles. The summed E-state index contributed by atoms with van der Waals surface area (Å²) in [6, 6.07) is 0. The molecule has 0 unspecified atom stereocenters. The lowest BCUT2D eigenvalue weighted by molar-refractivity contribution is -0.137. The molecule has 1 rings (SSSR count). The maximum absolute atomic E-state index is 10.5. The van der Waals surface area contributed by atoms with Crippen LogP contribution in [0.5, 0.6) is 0 Å². The molecule has 3 heteroatoms. The Morgan fingerprint density at radius 2 is 1.87 bits per heavy atom. The predicted octanol–water partition coefficient (Wildman–Crippen LogP) is 2.36. The standard InChI is InChI=1S/C12H23NO2/c1-12(2,3)13-8-6-10(7-9-13)4-5-11(14)15/h10H,4-9H2,1-3H3,(H,14,15). The van der Waals surface area contributed by atoms with Crippen LogP contribution in [-0.4, -0.2) is 34.6 Å². The van der Waals surface area contributed by atoms with Gasteiger partial charge in [-0.25, -0.2) is 0 Å². The lowest BCUT2D eigenvalue weighted by atomic mass is 9.90. The number of hydrogen-bond donors (Lipinski definition) is 1. The smallest absolute Gasteiger partial charge is 0.303 e. The van der Waals surface area contributed by atoms with Gasteiger partial charge in [0.25, 0.3) is 0 Å².